The van der Waals surface area contributed by atoms with Gasteiger partial charge in [-0.1, -0.05) is 30.3 Å². The molecular formula is C28H34ClF3N2O4. The van der Waals surface area contributed by atoms with E-state index in [1.165, 1.54) is 6.08 Å². The summed E-state index contributed by atoms with van der Waals surface area (Å²) >= 11 is 0. The minimum absolute atomic E-state index is 0. The Labute approximate surface area is 227 Å². The van der Waals surface area contributed by atoms with Gasteiger partial charge in [-0.25, -0.2) is 0 Å². The van der Waals surface area contributed by atoms with Crippen LogP contribution in [0.4, 0.5) is 13.2 Å². The molecule has 2 fully saturated rings. The number of hydrogen-bond donors (Lipinski definition) is 1. The molecule has 38 heavy (non-hydrogen) atoms. The summed E-state index contributed by atoms with van der Waals surface area (Å²) in [7, 11) is 0. The van der Waals surface area contributed by atoms with Crippen LogP contribution in [-0.2, 0) is 15.7 Å². The minimum Gasteiger partial charge on any atom is -0.490 e. The summed E-state index contributed by atoms with van der Waals surface area (Å²) in [6.45, 7) is 4.32. The van der Waals surface area contributed by atoms with Crippen molar-refractivity contribution in [2.24, 2.45) is 0 Å². The normalized spacial score (nSPS) is 18.3. The fourth-order valence-electron chi connectivity index (χ4n) is 4.73. The molecule has 1 N–H and O–H groups in total. The Hall–Kier alpha value is -2.59. The molecule has 208 valence electrons. The molecule has 1 atom stereocenters. The first kappa shape index (κ1) is 30.0. The molecule has 4 rings (SSSR count). The van der Waals surface area contributed by atoms with Crippen LogP contribution in [0.25, 0.3) is 6.08 Å². The lowest BCUT2D eigenvalue weighted by Gasteiger charge is -2.33. The van der Waals surface area contributed by atoms with Crippen molar-refractivity contribution in [3.05, 3.63) is 71.3 Å². The lowest BCUT2D eigenvalue weighted by Crippen LogP contribution is -2.40. The molecule has 2 aromatic carbocycles. The average molecular weight is 555 g/mol. The molecule has 0 bridgehead atoms. The Morgan fingerprint density at radius 3 is 2.37 bits per heavy atom. The van der Waals surface area contributed by atoms with Crippen LogP contribution < -0.4 is 4.74 Å². The molecule has 0 saturated carbocycles. The predicted molar refractivity (Wildman–Crippen MR) is 141 cm³/mol. The van der Waals surface area contributed by atoms with Gasteiger partial charge in [-0.15, -0.1) is 12.4 Å². The number of benzene rings is 2. The number of para-hydroxylation sites is 1. The van der Waals surface area contributed by atoms with E-state index in [-0.39, 0.29) is 30.8 Å². The Bertz CT molecular complexity index is 1050. The highest BCUT2D eigenvalue weighted by atomic mass is 35.5. The van der Waals surface area contributed by atoms with E-state index in [0.29, 0.717) is 38.6 Å². The molecule has 0 aliphatic carbocycles. The predicted octanol–water partition coefficient (Wildman–Crippen LogP) is 4.62. The number of aliphatic hydroxyl groups is 1. The number of likely N-dealkylation sites (tertiary alicyclic amines) is 1. The molecule has 0 spiro atoms. The maximum atomic E-state index is 12.8. The van der Waals surface area contributed by atoms with Gasteiger partial charge in [0, 0.05) is 31.3 Å². The number of alkyl halides is 3. The molecule has 1 unspecified atom stereocenters. The second-order valence-corrected chi connectivity index (χ2v) is 9.47. The summed E-state index contributed by atoms with van der Waals surface area (Å²) in [5.41, 5.74) is 1.06. The number of piperidine rings is 1. The van der Waals surface area contributed by atoms with Crippen LogP contribution in [0.3, 0.4) is 0 Å². The first-order valence-corrected chi connectivity index (χ1v) is 12.6. The third-order valence-corrected chi connectivity index (χ3v) is 6.84. The van der Waals surface area contributed by atoms with Gasteiger partial charge >= 0.3 is 6.18 Å². The number of nitrogens with zero attached hydrogens (tertiary/aromatic N) is 2. The summed E-state index contributed by atoms with van der Waals surface area (Å²) in [5, 5.41) is 10.6. The zero-order valence-corrected chi connectivity index (χ0v) is 21.9. The van der Waals surface area contributed by atoms with Gasteiger partial charge < -0.3 is 24.4 Å². The zero-order valence-electron chi connectivity index (χ0n) is 21.1. The van der Waals surface area contributed by atoms with Crippen LogP contribution >= 0.6 is 12.4 Å². The molecule has 0 radical (unpaired) electrons. The van der Waals surface area contributed by atoms with E-state index in [9.17, 15) is 23.1 Å². The number of aliphatic hydroxyl groups excluding tert-OH is 1. The number of carbonyl (C=O) groups excluding carboxylic acids is 1. The van der Waals surface area contributed by atoms with Crippen molar-refractivity contribution < 1.29 is 32.5 Å². The molecule has 2 aliphatic heterocycles. The Morgan fingerprint density at radius 1 is 1.05 bits per heavy atom. The highest BCUT2D eigenvalue weighted by Crippen LogP contribution is 2.33. The number of morpholine rings is 1. The SMILES string of the molecule is Cl.O=C(C=Cc1ccccc1OCC(O)CN1CCC(c2ccc(C(F)(F)F)cc2)CC1)N1CCOCC1. The second-order valence-electron chi connectivity index (χ2n) is 9.47. The van der Waals surface area contributed by atoms with Crippen molar-refractivity contribution in [1.82, 2.24) is 9.80 Å². The maximum absolute atomic E-state index is 12.8. The zero-order chi connectivity index (χ0) is 26.3. The fourth-order valence-corrected chi connectivity index (χ4v) is 4.73. The van der Waals surface area contributed by atoms with Gasteiger partial charge in [-0.3, -0.25) is 4.79 Å². The average Bonchev–Trinajstić information content (AvgIpc) is 2.91. The largest absolute Gasteiger partial charge is 0.490 e. The summed E-state index contributed by atoms with van der Waals surface area (Å²) in [4.78, 5) is 16.3. The number of amides is 1. The van der Waals surface area contributed by atoms with Crippen LogP contribution in [0, 0.1) is 0 Å². The van der Waals surface area contributed by atoms with Crippen LogP contribution in [0.1, 0.15) is 35.4 Å². The van der Waals surface area contributed by atoms with Crippen molar-refractivity contribution in [2.45, 2.75) is 31.0 Å². The topological polar surface area (TPSA) is 62.2 Å². The standard InChI is InChI=1S/C28H33F3N2O4.ClH/c29-28(30,31)24-8-5-21(6-9-24)22-11-13-32(14-12-22)19-25(34)20-37-26-4-2-1-3-23(26)7-10-27(35)33-15-17-36-18-16-33;/h1-10,22,25,34H,11-20H2;1H. The smallest absolute Gasteiger partial charge is 0.416 e. The molecule has 2 saturated heterocycles. The van der Waals surface area contributed by atoms with E-state index in [1.807, 2.05) is 18.2 Å². The van der Waals surface area contributed by atoms with Crippen LogP contribution in [0.5, 0.6) is 5.75 Å². The van der Waals surface area contributed by atoms with E-state index >= 15 is 0 Å². The van der Waals surface area contributed by atoms with Crippen molar-refractivity contribution >= 4 is 24.4 Å². The number of rotatable bonds is 8. The van der Waals surface area contributed by atoms with Gasteiger partial charge in [0.15, 0.2) is 0 Å². The van der Waals surface area contributed by atoms with Crippen molar-refractivity contribution in [3.63, 3.8) is 0 Å². The molecule has 2 aromatic rings. The summed E-state index contributed by atoms with van der Waals surface area (Å²) in [5.74, 6) is 0.734. The summed E-state index contributed by atoms with van der Waals surface area (Å²) < 4.78 is 49.6. The van der Waals surface area contributed by atoms with E-state index in [4.69, 9.17) is 9.47 Å². The van der Waals surface area contributed by atoms with Gasteiger partial charge in [-0.05, 0) is 61.7 Å². The Kier molecular flexibility index (Phi) is 11.0. The first-order chi connectivity index (χ1) is 17.8. The van der Waals surface area contributed by atoms with Gasteiger partial charge in [0.25, 0.3) is 0 Å². The van der Waals surface area contributed by atoms with E-state index in [2.05, 4.69) is 4.90 Å². The monoisotopic (exact) mass is 554 g/mol. The molecule has 2 heterocycles. The molecule has 2 aliphatic rings. The van der Waals surface area contributed by atoms with Crippen LogP contribution in [0.15, 0.2) is 54.6 Å². The molecular weight excluding hydrogens is 521 g/mol. The number of ether oxygens (including phenoxy) is 2. The third-order valence-electron chi connectivity index (χ3n) is 6.84. The number of β-amino-alcohol motifs (C(OH)–C–C–N with tert-alkyl or cyclic N) is 1. The Morgan fingerprint density at radius 2 is 1.71 bits per heavy atom. The van der Waals surface area contributed by atoms with Gasteiger partial charge in [0.1, 0.15) is 18.5 Å². The summed E-state index contributed by atoms with van der Waals surface area (Å²) in [6, 6.07) is 12.8. The van der Waals surface area contributed by atoms with Crippen molar-refractivity contribution in [2.75, 3.05) is 52.5 Å². The van der Waals surface area contributed by atoms with Crippen LogP contribution in [-0.4, -0.2) is 79.5 Å². The highest BCUT2D eigenvalue weighted by Gasteiger charge is 2.30. The highest BCUT2D eigenvalue weighted by molar-refractivity contribution is 5.92. The quantitative estimate of drug-likeness (QED) is 0.483. The third kappa shape index (κ3) is 8.46. The van der Waals surface area contributed by atoms with Gasteiger partial charge in [0.05, 0.1) is 18.8 Å². The van der Waals surface area contributed by atoms with Crippen molar-refractivity contribution in [3.8, 4) is 5.75 Å². The number of carbonyl (C=O) groups is 1. The fraction of sp³-hybridized carbons (Fsp3) is 0.464. The summed E-state index contributed by atoms with van der Waals surface area (Å²) in [6.07, 6.45) is -0.115. The lowest BCUT2D eigenvalue weighted by atomic mass is 9.89. The van der Waals surface area contributed by atoms with Gasteiger partial charge in [-0.2, -0.15) is 13.2 Å². The van der Waals surface area contributed by atoms with Crippen molar-refractivity contribution in [1.29, 1.82) is 0 Å². The molecule has 6 nitrogen and oxygen atoms in total. The van der Waals surface area contributed by atoms with Crippen LogP contribution in [0.2, 0.25) is 0 Å². The van der Waals surface area contributed by atoms with E-state index < -0.39 is 17.8 Å². The minimum atomic E-state index is -4.32. The maximum Gasteiger partial charge on any atom is 0.416 e. The first-order valence-electron chi connectivity index (χ1n) is 12.6. The van der Waals surface area contributed by atoms with Gasteiger partial charge in [0.2, 0.25) is 5.91 Å². The Balaban J connectivity index is 0.00000400. The molecule has 1 amide bonds. The number of halogens is 4. The second kappa shape index (κ2) is 14.0. The number of hydrogen-bond acceptors (Lipinski definition) is 5. The lowest BCUT2D eigenvalue weighted by molar-refractivity contribution is -0.137. The van der Waals surface area contributed by atoms with E-state index in [1.54, 1.807) is 29.2 Å². The molecule has 0 aromatic heterocycles. The van der Waals surface area contributed by atoms with E-state index in [0.717, 1.165) is 49.2 Å². The molecule has 10 heteroatoms.